The quantitative estimate of drug-likeness (QED) is 0.868. The second kappa shape index (κ2) is 5.05. The normalized spacial score (nSPS) is 17.3. The van der Waals surface area contributed by atoms with Gasteiger partial charge in [-0.25, -0.2) is 8.78 Å². The molecule has 0 bridgehead atoms. The number of carbonyl (C=O) groups excluding carboxylic acids is 1. The van der Waals surface area contributed by atoms with Crippen molar-refractivity contribution in [3.8, 4) is 0 Å². The van der Waals surface area contributed by atoms with Gasteiger partial charge in [-0.05, 0) is 40.9 Å². The minimum atomic E-state index is -0.699. The highest BCUT2D eigenvalue weighted by atomic mass is 79.9. The lowest BCUT2D eigenvalue weighted by Crippen LogP contribution is -2.45. The summed E-state index contributed by atoms with van der Waals surface area (Å²) in [6.07, 6.45) is 2.17. The molecule has 1 aromatic carbocycles. The Bertz CT molecular complexity index is 481. The van der Waals surface area contributed by atoms with E-state index in [0.29, 0.717) is 0 Å². The van der Waals surface area contributed by atoms with E-state index in [4.69, 9.17) is 5.73 Å². The van der Waals surface area contributed by atoms with E-state index in [0.717, 1.165) is 25.3 Å². The molecule has 2 rings (SSSR count). The molecule has 1 aliphatic carbocycles. The van der Waals surface area contributed by atoms with E-state index in [-0.39, 0.29) is 28.8 Å². The van der Waals surface area contributed by atoms with Gasteiger partial charge in [-0.2, -0.15) is 0 Å². The van der Waals surface area contributed by atoms with Crippen LogP contribution in [0, 0.1) is 17.0 Å². The Kier molecular flexibility index (Phi) is 3.82. The van der Waals surface area contributed by atoms with Crippen molar-refractivity contribution >= 4 is 21.7 Å². The second-order valence-electron chi connectivity index (χ2n) is 4.76. The Hall–Kier alpha value is -0.810. The molecule has 18 heavy (non-hydrogen) atoms. The van der Waals surface area contributed by atoms with E-state index in [9.17, 15) is 13.6 Å². The molecule has 1 saturated carbocycles. The topological polar surface area (TPSA) is 43.1 Å². The van der Waals surface area contributed by atoms with E-state index in [1.54, 1.807) is 0 Å². The van der Waals surface area contributed by atoms with Crippen molar-refractivity contribution in [2.75, 3.05) is 6.54 Å². The van der Waals surface area contributed by atoms with Crippen LogP contribution in [0.1, 0.15) is 24.8 Å². The van der Waals surface area contributed by atoms with Gasteiger partial charge in [-0.1, -0.05) is 6.42 Å². The number of halogens is 3. The predicted molar refractivity (Wildman–Crippen MR) is 68.1 cm³/mol. The van der Waals surface area contributed by atoms with Gasteiger partial charge in [-0.15, -0.1) is 0 Å². The SMILES string of the molecule is NCC1(C(=O)Cc2c(F)ccc(Br)c2F)CCC1. The highest BCUT2D eigenvalue weighted by molar-refractivity contribution is 9.10. The third-order valence-corrected chi connectivity index (χ3v) is 4.38. The second-order valence-corrected chi connectivity index (χ2v) is 5.61. The van der Waals surface area contributed by atoms with Crippen LogP contribution in [0.15, 0.2) is 16.6 Å². The summed E-state index contributed by atoms with van der Waals surface area (Å²) in [5, 5.41) is 0. The van der Waals surface area contributed by atoms with E-state index >= 15 is 0 Å². The number of nitrogens with two attached hydrogens (primary N) is 1. The fraction of sp³-hybridized carbons (Fsp3) is 0.462. The molecule has 0 aromatic heterocycles. The lowest BCUT2D eigenvalue weighted by Gasteiger charge is -2.39. The van der Waals surface area contributed by atoms with Crippen molar-refractivity contribution in [2.24, 2.45) is 11.1 Å². The van der Waals surface area contributed by atoms with Crippen LogP contribution in [0.5, 0.6) is 0 Å². The van der Waals surface area contributed by atoms with Gasteiger partial charge in [0.2, 0.25) is 0 Å². The van der Waals surface area contributed by atoms with Gasteiger partial charge in [0.25, 0.3) is 0 Å². The van der Waals surface area contributed by atoms with Crippen LogP contribution in [0.2, 0.25) is 0 Å². The van der Waals surface area contributed by atoms with Crippen molar-refractivity contribution in [2.45, 2.75) is 25.7 Å². The number of rotatable bonds is 4. The van der Waals surface area contributed by atoms with Crippen molar-refractivity contribution in [3.05, 3.63) is 33.8 Å². The molecular weight excluding hydrogens is 304 g/mol. The summed E-state index contributed by atoms with van der Waals surface area (Å²) in [7, 11) is 0. The molecule has 2 nitrogen and oxygen atoms in total. The lowest BCUT2D eigenvalue weighted by molar-refractivity contribution is -0.132. The molecule has 0 aliphatic heterocycles. The summed E-state index contributed by atoms with van der Waals surface area (Å²) in [5.41, 5.74) is 4.89. The molecule has 0 atom stereocenters. The zero-order chi connectivity index (χ0) is 13.3. The van der Waals surface area contributed by atoms with Gasteiger partial charge in [0, 0.05) is 23.9 Å². The minimum Gasteiger partial charge on any atom is -0.329 e. The molecule has 0 heterocycles. The summed E-state index contributed by atoms with van der Waals surface area (Å²) in [6.45, 7) is 0.253. The molecular formula is C13H14BrF2NO. The third-order valence-electron chi connectivity index (χ3n) is 3.77. The van der Waals surface area contributed by atoms with Gasteiger partial charge >= 0.3 is 0 Å². The number of Topliss-reactive ketones (excluding diaryl/α,β-unsaturated/α-hetero) is 1. The van der Waals surface area contributed by atoms with Gasteiger partial charge in [0.1, 0.15) is 17.4 Å². The number of hydrogen-bond donors (Lipinski definition) is 1. The summed E-state index contributed by atoms with van der Waals surface area (Å²) in [5.74, 6) is -1.54. The Morgan fingerprint density at radius 3 is 2.56 bits per heavy atom. The maximum absolute atomic E-state index is 13.8. The average molecular weight is 318 g/mol. The molecule has 0 saturated heterocycles. The molecule has 0 radical (unpaired) electrons. The number of carbonyl (C=O) groups is 1. The molecule has 0 amide bonds. The third kappa shape index (κ3) is 2.21. The van der Waals surface area contributed by atoms with Crippen LogP contribution < -0.4 is 5.73 Å². The Balaban J connectivity index is 2.24. The van der Waals surface area contributed by atoms with Crippen molar-refractivity contribution < 1.29 is 13.6 Å². The Morgan fingerprint density at radius 1 is 1.39 bits per heavy atom. The summed E-state index contributed by atoms with van der Waals surface area (Å²) in [6, 6.07) is 2.45. The first-order chi connectivity index (χ1) is 8.50. The number of benzene rings is 1. The zero-order valence-electron chi connectivity index (χ0n) is 9.81. The average Bonchev–Trinajstić information content (AvgIpc) is 2.29. The Labute approximate surface area is 113 Å². The molecule has 1 aromatic rings. The fourth-order valence-corrected chi connectivity index (χ4v) is 2.65. The van der Waals surface area contributed by atoms with Crippen molar-refractivity contribution in [1.29, 1.82) is 0 Å². The largest absolute Gasteiger partial charge is 0.329 e. The van der Waals surface area contributed by atoms with Crippen LogP contribution in [-0.4, -0.2) is 12.3 Å². The maximum Gasteiger partial charge on any atom is 0.144 e. The van der Waals surface area contributed by atoms with Crippen LogP contribution in [0.25, 0.3) is 0 Å². The standard InChI is InChI=1S/C13H14BrF2NO/c14-9-2-3-10(15)8(12(9)16)6-11(18)13(7-17)4-1-5-13/h2-3H,1,4-7,17H2. The van der Waals surface area contributed by atoms with Crippen LogP contribution >= 0.6 is 15.9 Å². The molecule has 1 aliphatic rings. The van der Waals surface area contributed by atoms with E-state index in [1.165, 1.54) is 6.07 Å². The van der Waals surface area contributed by atoms with E-state index in [2.05, 4.69) is 15.9 Å². The predicted octanol–water partition coefficient (Wildman–Crippen LogP) is 2.97. The van der Waals surface area contributed by atoms with Gasteiger partial charge in [-0.3, -0.25) is 4.79 Å². The summed E-state index contributed by atoms with van der Waals surface area (Å²) in [4.78, 5) is 12.1. The molecule has 1 fully saturated rings. The molecule has 0 spiro atoms. The van der Waals surface area contributed by atoms with Gasteiger partial charge < -0.3 is 5.73 Å². The molecule has 5 heteroatoms. The van der Waals surface area contributed by atoms with E-state index < -0.39 is 17.0 Å². The fourth-order valence-electron chi connectivity index (χ4n) is 2.28. The van der Waals surface area contributed by atoms with E-state index in [1.807, 2.05) is 0 Å². The first-order valence-electron chi connectivity index (χ1n) is 5.86. The van der Waals surface area contributed by atoms with Crippen LogP contribution in [0.4, 0.5) is 8.78 Å². The first-order valence-corrected chi connectivity index (χ1v) is 6.65. The van der Waals surface area contributed by atoms with Gasteiger partial charge in [0.05, 0.1) is 4.47 Å². The summed E-state index contributed by atoms with van der Waals surface area (Å²) < 4.78 is 27.5. The highest BCUT2D eigenvalue weighted by Gasteiger charge is 2.42. The van der Waals surface area contributed by atoms with Crippen molar-refractivity contribution in [3.63, 3.8) is 0 Å². The first kappa shape index (κ1) is 13.6. The van der Waals surface area contributed by atoms with Crippen molar-refractivity contribution in [1.82, 2.24) is 0 Å². The monoisotopic (exact) mass is 317 g/mol. The minimum absolute atomic E-state index is 0.160. The highest BCUT2D eigenvalue weighted by Crippen LogP contribution is 2.41. The van der Waals surface area contributed by atoms with Gasteiger partial charge in [0.15, 0.2) is 0 Å². The smallest absolute Gasteiger partial charge is 0.144 e. The maximum atomic E-state index is 13.8. The van der Waals surface area contributed by atoms with Crippen LogP contribution in [0.3, 0.4) is 0 Å². The Morgan fingerprint density at radius 2 is 2.06 bits per heavy atom. The lowest BCUT2D eigenvalue weighted by atomic mass is 9.65. The number of ketones is 1. The zero-order valence-corrected chi connectivity index (χ0v) is 11.4. The molecule has 98 valence electrons. The molecule has 2 N–H and O–H groups in total. The summed E-state index contributed by atoms with van der Waals surface area (Å²) >= 11 is 2.99. The molecule has 0 unspecified atom stereocenters. The number of hydrogen-bond acceptors (Lipinski definition) is 2. The van der Waals surface area contributed by atoms with Crippen LogP contribution in [-0.2, 0) is 11.2 Å².